The molecule has 0 radical (unpaired) electrons. The summed E-state index contributed by atoms with van der Waals surface area (Å²) < 4.78 is 25.4. The predicted octanol–water partition coefficient (Wildman–Crippen LogP) is 2.60. The van der Waals surface area contributed by atoms with Crippen LogP contribution in [0.4, 0.5) is 4.79 Å². The number of sulfone groups is 1. The lowest BCUT2D eigenvalue weighted by Gasteiger charge is -2.47. The fraction of sp³-hybridized carbons (Fsp3) is 0.853. The highest BCUT2D eigenvalue weighted by molar-refractivity contribution is 7.93. The highest BCUT2D eigenvalue weighted by Crippen LogP contribution is 2.65. The van der Waals surface area contributed by atoms with Crippen molar-refractivity contribution in [2.24, 2.45) is 22.7 Å². The van der Waals surface area contributed by atoms with Gasteiger partial charge in [0.2, 0.25) is 17.6 Å². The molecule has 5 amide bonds. The van der Waals surface area contributed by atoms with Gasteiger partial charge in [-0.1, -0.05) is 73.6 Å². The number of nitrogens with one attached hydrogen (secondary N) is 4. The van der Waals surface area contributed by atoms with E-state index in [-0.39, 0.29) is 29.0 Å². The summed E-state index contributed by atoms with van der Waals surface area (Å²) in [5, 5.41) is 10.9. The largest absolute Gasteiger partial charge is 0.347 e. The van der Waals surface area contributed by atoms with Gasteiger partial charge in [0.05, 0.1) is 22.6 Å². The van der Waals surface area contributed by atoms with Crippen LogP contribution >= 0.6 is 0 Å². The van der Waals surface area contributed by atoms with Gasteiger partial charge in [0.15, 0.2) is 9.84 Å². The number of urea groups is 1. The molecule has 0 bridgehead atoms. The van der Waals surface area contributed by atoms with Gasteiger partial charge in [-0.15, -0.1) is 0 Å². The fourth-order valence-corrected chi connectivity index (χ4v) is 10.2. The molecular weight excluding hydrogens is 622 g/mol. The summed E-state index contributed by atoms with van der Waals surface area (Å²) in [6.45, 7) is 12.0. The molecule has 0 aromatic heterocycles. The van der Waals surface area contributed by atoms with Gasteiger partial charge in [0.1, 0.15) is 12.1 Å². The number of nitrogens with zero attached hydrogens (tertiary/aromatic N) is 1. The van der Waals surface area contributed by atoms with Crippen molar-refractivity contribution in [3.63, 3.8) is 0 Å². The molecule has 5 aliphatic rings. The average Bonchev–Trinajstić information content (AvgIpc) is 3.83. The molecule has 264 valence electrons. The molecule has 2 saturated heterocycles. The highest BCUT2D eigenvalue weighted by Gasteiger charge is 2.70. The lowest BCUT2D eigenvalue weighted by atomic mass is 9.78. The predicted molar refractivity (Wildman–Crippen MR) is 177 cm³/mol. The van der Waals surface area contributed by atoms with E-state index < -0.39 is 73.7 Å². The minimum absolute atomic E-state index is 0.00934. The first-order chi connectivity index (χ1) is 21.9. The second-order valence-corrected chi connectivity index (χ2v) is 18.8. The summed E-state index contributed by atoms with van der Waals surface area (Å²) in [7, 11) is -3.28. The van der Waals surface area contributed by atoms with Crippen LogP contribution in [0, 0.1) is 22.7 Å². The topological polar surface area (TPSA) is 171 Å². The van der Waals surface area contributed by atoms with Gasteiger partial charge < -0.3 is 26.2 Å². The number of fused-ring (bicyclic) bond motifs is 1. The van der Waals surface area contributed by atoms with Gasteiger partial charge in [-0.25, -0.2) is 13.2 Å². The number of carbonyl (C=O) groups excluding carboxylic acids is 5. The number of rotatable bonds is 12. The molecule has 6 atom stereocenters. The summed E-state index contributed by atoms with van der Waals surface area (Å²) in [4.78, 5) is 69.5. The average molecular weight is 678 g/mol. The SMILES string of the molecule is CCCC[C@H](NC(=O)[C@@H]1[C@H]2[C@@H](CN1C(=O)[C@@H](NC(=O)NC1([C@@H]3CCS3(=O)=O)CCCCC1)C(C)(C)C)C2(C)C)C(=O)C(=O)NC1CC1. The summed E-state index contributed by atoms with van der Waals surface area (Å²) in [5.74, 6) is -2.14. The molecule has 47 heavy (non-hydrogen) atoms. The molecule has 13 heteroatoms. The van der Waals surface area contributed by atoms with Crippen LogP contribution in [-0.2, 0) is 29.0 Å². The number of hydrogen-bond acceptors (Lipinski definition) is 7. The molecule has 2 heterocycles. The molecule has 0 unspecified atom stereocenters. The second-order valence-electron chi connectivity index (χ2n) is 16.5. The summed E-state index contributed by atoms with van der Waals surface area (Å²) in [6, 6.07) is -3.42. The van der Waals surface area contributed by atoms with Gasteiger partial charge in [0, 0.05) is 12.6 Å². The maximum Gasteiger partial charge on any atom is 0.315 e. The van der Waals surface area contributed by atoms with E-state index in [0.29, 0.717) is 38.6 Å². The first-order valence-electron chi connectivity index (χ1n) is 17.7. The Morgan fingerprint density at radius 3 is 2.15 bits per heavy atom. The smallest absolute Gasteiger partial charge is 0.315 e. The van der Waals surface area contributed by atoms with E-state index in [1.165, 1.54) is 0 Å². The lowest BCUT2D eigenvalue weighted by Crippen LogP contribution is -2.67. The first-order valence-corrected chi connectivity index (χ1v) is 19.4. The molecule has 5 rings (SSSR count). The fourth-order valence-electron chi connectivity index (χ4n) is 8.36. The normalized spacial score (nSPS) is 29.7. The Labute approximate surface area is 279 Å². The zero-order valence-corrected chi connectivity index (χ0v) is 29.8. The molecule has 0 aromatic carbocycles. The molecule has 3 saturated carbocycles. The van der Waals surface area contributed by atoms with Gasteiger partial charge in [-0.2, -0.15) is 0 Å². The van der Waals surface area contributed by atoms with E-state index in [1.807, 2.05) is 27.7 Å². The van der Waals surface area contributed by atoms with Crippen LogP contribution in [0.5, 0.6) is 0 Å². The molecule has 0 aromatic rings. The van der Waals surface area contributed by atoms with Crippen molar-refractivity contribution < 1.29 is 32.4 Å². The van der Waals surface area contributed by atoms with Gasteiger partial charge in [0.25, 0.3) is 5.91 Å². The van der Waals surface area contributed by atoms with Crippen molar-refractivity contribution in [3.8, 4) is 0 Å². The number of amides is 5. The Morgan fingerprint density at radius 2 is 1.62 bits per heavy atom. The van der Waals surface area contributed by atoms with Crippen molar-refractivity contribution in [3.05, 3.63) is 0 Å². The molecule has 12 nitrogen and oxygen atoms in total. The van der Waals surface area contributed by atoms with Gasteiger partial charge in [-0.05, 0) is 61.2 Å². The van der Waals surface area contributed by atoms with Crippen molar-refractivity contribution in [1.29, 1.82) is 0 Å². The number of piperidine rings is 1. The van der Waals surface area contributed by atoms with Crippen LogP contribution < -0.4 is 21.3 Å². The number of unbranched alkanes of at least 4 members (excludes halogenated alkanes) is 1. The van der Waals surface area contributed by atoms with Crippen LogP contribution in [-0.4, -0.2) is 90.1 Å². The quantitative estimate of drug-likeness (QED) is 0.230. The van der Waals surface area contributed by atoms with Crippen molar-refractivity contribution in [2.75, 3.05) is 12.3 Å². The Hall–Kier alpha value is -2.70. The highest BCUT2D eigenvalue weighted by atomic mass is 32.2. The van der Waals surface area contributed by atoms with E-state index in [9.17, 15) is 32.4 Å². The van der Waals surface area contributed by atoms with E-state index in [1.54, 1.807) is 4.90 Å². The third-order valence-electron chi connectivity index (χ3n) is 11.6. The third kappa shape index (κ3) is 7.20. The van der Waals surface area contributed by atoms with Crippen molar-refractivity contribution in [1.82, 2.24) is 26.2 Å². The summed E-state index contributed by atoms with van der Waals surface area (Å²) >= 11 is 0. The van der Waals surface area contributed by atoms with Crippen LogP contribution in [0.1, 0.15) is 112 Å². The Morgan fingerprint density at radius 1 is 0.957 bits per heavy atom. The summed E-state index contributed by atoms with van der Waals surface area (Å²) in [5.41, 5.74) is -1.78. The van der Waals surface area contributed by atoms with Gasteiger partial charge in [-0.3, -0.25) is 19.2 Å². The minimum atomic E-state index is -3.28. The zero-order chi connectivity index (χ0) is 34.5. The Bertz CT molecular complexity index is 1380. The minimum Gasteiger partial charge on any atom is -0.347 e. The number of Topliss-reactive ketones (excluding diaryl/α,β-unsaturated/α-hetero) is 1. The van der Waals surface area contributed by atoms with Crippen molar-refractivity contribution in [2.45, 2.75) is 147 Å². The first kappa shape index (κ1) is 35.6. The van der Waals surface area contributed by atoms with E-state index in [2.05, 4.69) is 35.1 Å². The van der Waals surface area contributed by atoms with E-state index in [4.69, 9.17) is 0 Å². The van der Waals surface area contributed by atoms with Gasteiger partial charge >= 0.3 is 6.03 Å². The number of carbonyl (C=O) groups is 5. The number of hydrogen-bond donors (Lipinski definition) is 4. The van der Waals surface area contributed by atoms with Crippen LogP contribution in [0.2, 0.25) is 0 Å². The van der Waals surface area contributed by atoms with Crippen molar-refractivity contribution >= 4 is 39.4 Å². The third-order valence-corrected chi connectivity index (χ3v) is 13.9. The molecule has 0 spiro atoms. The maximum absolute atomic E-state index is 14.4. The number of ketones is 1. The molecule has 5 fully saturated rings. The van der Waals surface area contributed by atoms with E-state index >= 15 is 0 Å². The van der Waals surface area contributed by atoms with Crippen LogP contribution in [0.15, 0.2) is 0 Å². The zero-order valence-electron chi connectivity index (χ0n) is 28.9. The maximum atomic E-state index is 14.4. The number of likely N-dealkylation sites (tertiary alicyclic amines) is 1. The Kier molecular flexibility index (Phi) is 9.82. The molecule has 4 N–H and O–H groups in total. The molecular formula is C34H55N5O7S. The van der Waals surface area contributed by atoms with Crippen LogP contribution in [0.25, 0.3) is 0 Å². The van der Waals surface area contributed by atoms with Crippen LogP contribution in [0.3, 0.4) is 0 Å². The monoisotopic (exact) mass is 677 g/mol. The van der Waals surface area contributed by atoms with E-state index in [0.717, 1.165) is 38.5 Å². The Balaban J connectivity index is 1.33. The lowest BCUT2D eigenvalue weighted by molar-refractivity contribution is -0.145. The molecule has 2 aliphatic heterocycles. The molecule has 3 aliphatic carbocycles. The second kappa shape index (κ2) is 13.0. The standard InChI is InChI=1S/C34H55N5O7S/c1-7-8-12-22(26(40)29(42)35-20-13-14-20)36-28(41)25-24-21(33(24,5)6)19-39(25)30(43)27(32(2,3)4)37-31(44)38-34(16-10-9-11-17-34)23-15-18-47(23,45)46/h20-25,27H,7-19H2,1-6H3,(H,35,42)(H,36,41)(H2,37,38,44)/t21-,22+,23+,24-,25+,27-/m1/s1. The summed E-state index contributed by atoms with van der Waals surface area (Å²) in [6.07, 6.45) is 7.70.